The summed E-state index contributed by atoms with van der Waals surface area (Å²) < 4.78 is 25.4. The van der Waals surface area contributed by atoms with Crippen LogP contribution >= 0.6 is 50.3 Å². The highest BCUT2D eigenvalue weighted by atomic mass is 127. The third-order valence-corrected chi connectivity index (χ3v) is 7.00. The first kappa shape index (κ1) is 16.6. The Morgan fingerprint density at radius 2 is 2.20 bits per heavy atom. The molecule has 4 nitrogen and oxygen atoms in total. The topological polar surface area (TPSA) is 54.5 Å². The number of carbonyl (C=O) groups excluding carboxylic acids is 1. The third-order valence-electron chi connectivity index (χ3n) is 3.00. The van der Waals surface area contributed by atoms with Gasteiger partial charge in [-0.05, 0) is 56.7 Å². The first-order valence-corrected chi connectivity index (χ1v) is 10.8. The van der Waals surface area contributed by atoms with Gasteiger partial charge >= 0.3 is 0 Å². The summed E-state index contributed by atoms with van der Waals surface area (Å²) in [5.74, 6) is 0.969. The predicted octanol–water partition coefficient (Wildman–Crippen LogP) is 2.61. The Morgan fingerprint density at radius 3 is 2.85 bits per heavy atom. The smallest absolute Gasteiger partial charge is 0.256 e. The van der Waals surface area contributed by atoms with E-state index in [1.807, 2.05) is 12.1 Å². The average molecular weight is 490 g/mol. The second-order valence-corrected chi connectivity index (χ2v) is 9.93. The summed E-state index contributed by atoms with van der Waals surface area (Å²) in [5.41, 5.74) is 0.512. The van der Waals surface area contributed by atoms with Crippen molar-refractivity contribution < 1.29 is 13.2 Å². The van der Waals surface area contributed by atoms with Crippen LogP contribution in [0.4, 0.5) is 0 Å². The van der Waals surface area contributed by atoms with Crippen molar-refractivity contribution in [1.29, 1.82) is 0 Å². The van der Waals surface area contributed by atoms with E-state index in [2.05, 4.69) is 38.5 Å². The summed E-state index contributed by atoms with van der Waals surface area (Å²) in [6.07, 6.45) is 1.19. The fourth-order valence-electron chi connectivity index (χ4n) is 1.98. The van der Waals surface area contributed by atoms with Crippen LogP contribution in [-0.2, 0) is 9.84 Å². The maximum Gasteiger partial charge on any atom is 0.256 e. The number of nitrogens with zero attached hydrogens (tertiary/aromatic N) is 1. The molecule has 1 amide bonds. The van der Waals surface area contributed by atoms with Crippen LogP contribution < -0.4 is 0 Å². The zero-order valence-electron chi connectivity index (χ0n) is 10.7. The van der Waals surface area contributed by atoms with Crippen LogP contribution in [0.2, 0.25) is 0 Å². The van der Waals surface area contributed by atoms with Gasteiger partial charge in [-0.1, -0.05) is 0 Å². The second kappa shape index (κ2) is 6.53. The van der Waals surface area contributed by atoms with Gasteiger partial charge in [0.05, 0.1) is 5.56 Å². The Hall–Kier alpha value is 0.200. The number of thioether (sulfide) groups is 1. The molecule has 1 aromatic carbocycles. The second-order valence-electron chi connectivity index (χ2n) is 4.48. The summed E-state index contributed by atoms with van der Waals surface area (Å²) in [5, 5.41) is -0.737. The van der Waals surface area contributed by atoms with Crippen LogP contribution in [0.1, 0.15) is 10.4 Å². The fourth-order valence-corrected chi connectivity index (χ4v) is 5.71. The standard InChI is InChI=1S/C12H13BrINO3S2/c1-20(17,18)11-7-19-5-4-15(11)12(16)9-6-8(14)2-3-10(9)13/h2-3,6,11H,4-5,7H2,1H3. The van der Waals surface area contributed by atoms with Crippen LogP contribution in [0.15, 0.2) is 22.7 Å². The molecule has 2 rings (SSSR count). The van der Waals surface area contributed by atoms with Gasteiger partial charge in [-0.25, -0.2) is 8.42 Å². The van der Waals surface area contributed by atoms with Crippen molar-refractivity contribution >= 4 is 66.0 Å². The molecule has 0 aliphatic carbocycles. The zero-order chi connectivity index (χ0) is 14.9. The molecule has 0 bridgehead atoms. The highest BCUT2D eigenvalue weighted by Gasteiger charge is 2.35. The van der Waals surface area contributed by atoms with E-state index < -0.39 is 15.2 Å². The van der Waals surface area contributed by atoms with Crippen LogP contribution in [0, 0.1) is 3.57 Å². The number of hydrogen-bond acceptors (Lipinski definition) is 4. The Bertz CT molecular complexity index is 636. The van der Waals surface area contributed by atoms with Crippen LogP contribution in [-0.4, -0.2) is 48.9 Å². The molecule has 0 radical (unpaired) electrons. The summed E-state index contributed by atoms with van der Waals surface area (Å²) in [4.78, 5) is 14.1. The number of benzene rings is 1. The Morgan fingerprint density at radius 1 is 1.50 bits per heavy atom. The molecular formula is C12H13BrINO3S2. The van der Waals surface area contributed by atoms with Crippen molar-refractivity contribution in [2.45, 2.75) is 5.37 Å². The average Bonchev–Trinajstić information content (AvgIpc) is 2.40. The van der Waals surface area contributed by atoms with Gasteiger partial charge in [0.2, 0.25) is 0 Å². The van der Waals surface area contributed by atoms with Crippen molar-refractivity contribution in [3.63, 3.8) is 0 Å². The SMILES string of the molecule is CS(=O)(=O)C1CSCCN1C(=O)c1cc(I)ccc1Br. The molecule has 0 aromatic heterocycles. The van der Waals surface area contributed by atoms with E-state index in [4.69, 9.17) is 0 Å². The number of halogens is 2. The van der Waals surface area contributed by atoms with Gasteiger partial charge in [-0.2, -0.15) is 11.8 Å². The van der Waals surface area contributed by atoms with Gasteiger partial charge in [0, 0.05) is 32.3 Å². The van der Waals surface area contributed by atoms with Crippen molar-refractivity contribution in [3.8, 4) is 0 Å². The summed E-state index contributed by atoms with van der Waals surface area (Å²) in [6.45, 7) is 0.457. The quantitative estimate of drug-likeness (QED) is 0.599. The monoisotopic (exact) mass is 489 g/mol. The molecule has 0 N–H and O–H groups in total. The number of sulfone groups is 1. The number of rotatable bonds is 2. The predicted molar refractivity (Wildman–Crippen MR) is 93.9 cm³/mol. The molecule has 1 aliphatic heterocycles. The molecule has 8 heteroatoms. The van der Waals surface area contributed by atoms with E-state index in [-0.39, 0.29) is 5.91 Å². The summed E-state index contributed by atoms with van der Waals surface area (Å²) >= 11 is 7.06. The molecule has 1 saturated heterocycles. The van der Waals surface area contributed by atoms with Gasteiger partial charge in [-0.3, -0.25) is 4.79 Å². The lowest BCUT2D eigenvalue weighted by atomic mass is 10.2. The molecule has 1 unspecified atom stereocenters. The van der Waals surface area contributed by atoms with Crippen LogP contribution in [0.5, 0.6) is 0 Å². The molecule has 1 aliphatic rings. The Kier molecular flexibility index (Phi) is 5.41. The molecule has 1 aromatic rings. The van der Waals surface area contributed by atoms with Crippen molar-refractivity contribution in [2.24, 2.45) is 0 Å². The zero-order valence-corrected chi connectivity index (χ0v) is 16.1. The molecule has 1 fully saturated rings. The first-order valence-electron chi connectivity index (χ1n) is 5.83. The maximum absolute atomic E-state index is 12.6. The summed E-state index contributed by atoms with van der Waals surface area (Å²) in [7, 11) is -3.28. The van der Waals surface area contributed by atoms with Gasteiger partial charge < -0.3 is 4.90 Å². The van der Waals surface area contributed by atoms with Crippen molar-refractivity contribution in [2.75, 3.05) is 24.3 Å². The minimum Gasteiger partial charge on any atom is -0.320 e. The largest absolute Gasteiger partial charge is 0.320 e. The molecule has 110 valence electrons. The first-order chi connectivity index (χ1) is 9.30. The fraction of sp³-hybridized carbons (Fsp3) is 0.417. The molecule has 0 saturated carbocycles. The van der Waals surface area contributed by atoms with E-state index >= 15 is 0 Å². The minimum atomic E-state index is -3.28. The number of hydrogen-bond donors (Lipinski definition) is 0. The maximum atomic E-state index is 12.6. The van der Waals surface area contributed by atoms with Gasteiger partial charge in [0.25, 0.3) is 5.91 Å². The van der Waals surface area contributed by atoms with Crippen molar-refractivity contribution in [1.82, 2.24) is 4.90 Å². The van der Waals surface area contributed by atoms with E-state index in [1.165, 1.54) is 11.2 Å². The lowest BCUT2D eigenvalue weighted by Crippen LogP contribution is -2.50. The van der Waals surface area contributed by atoms with Crippen LogP contribution in [0.25, 0.3) is 0 Å². The lowest BCUT2D eigenvalue weighted by molar-refractivity contribution is 0.0748. The number of carbonyl (C=O) groups is 1. The third kappa shape index (κ3) is 3.69. The van der Waals surface area contributed by atoms with E-state index in [0.29, 0.717) is 22.3 Å². The Labute approximate surface area is 144 Å². The van der Waals surface area contributed by atoms with Gasteiger partial charge in [-0.15, -0.1) is 0 Å². The Balaban J connectivity index is 2.37. The minimum absolute atomic E-state index is 0.230. The molecule has 0 spiro atoms. The summed E-state index contributed by atoms with van der Waals surface area (Å²) in [6, 6.07) is 5.47. The molecule has 1 atom stereocenters. The van der Waals surface area contributed by atoms with Crippen LogP contribution in [0.3, 0.4) is 0 Å². The lowest BCUT2D eigenvalue weighted by Gasteiger charge is -2.34. The van der Waals surface area contributed by atoms with E-state index in [0.717, 1.165) is 9.32 Å². The number of amides is 1. The highest BCUT2D eigenvalue weighted by Crippen LogP contribution is 2.26. The molecular weight excluding hydrogens is 477 g/mol. The molecule has 1 heterocycles. The normalized spacial score (nSPS) is 19.9. The van der Waals surface area contributed by atoms with E-state index in [9.17, 15) is 13.2 Å². The van der Waals surface area contributed by atoms with Gasteiger partial charge in [0.1, 0.15) is 5.37 Å². The van der Waals surface area contributed by atoms with Crippen molar-refractivity contribution in [3.05, 3.63) is 31.8 Å². The molecule has 20 heavy (non-hydrogen) atoms. The van der Waals surface area contributed by atoms with Gasteiger partial charge in [0.15, 0.2) is 9.84 Å². The van der Waals surface area contributed by atoms with E-state index in [1.54, 1.807) is 17.8 Å². The highest BCUT2D eigenvalue weighted by molar-refractivity contribution is 14.1.